The molecule has 4 heteroatoms. The summed E-state index contributed by atoms with van der Waals surface area (Å²) in [5, 5.41) is 9.11. The zero-order valence-electron chi connectivity index (χ0n) is 8.49. The van der Waals surface area contributed by atoms with Gasteiger partial charge in [0, 0.05) is 0 Å². The number of aliphatic hydroxyl groups is 1. The van der Waals surface area contributed by atoms with E-state index in [1.165, 1.54) is 0 Å². The Hall–Kier alpha value is -0.610. The van der Waals surface area contributed by atoms with Crippen LogP contribution in [-0.4, -0.2) is 29.8 Å². The zero-order valence-corrected chi connectivity index (χ0v) is 8.49. The van der Waals surface area contributed by atoms with Gasteiger partial charge in [0.25, 0.3) is 0 Å². The highest BCUT2D eigenvalue weighted by molar-refractivity contribution is 5.75. The first kappa shape index (κ1) is 12.4. The molecular weight excluding hydrogens is 170 g/mol. The molecule has 0 fully saturated rings. The molecule has 13 heavy (non-hydrogen) atoms. The van der Waals surface area contributed by atoms with Gasteiger partial charge in [-0.05, 0) is 12.3 Å². The molecule has 0 amide bonds. The molecule has 0 aliphatic rings. The lowest BCUT2D eigenvalue weighted by Crippen LogP contribution is -2.38. The van der Waals surface area contributed by atoms with Crippen LogP contribution in [0.25, 0.3) is 0 Å². The van der Waals surface area contributed by atoms with E-state index in [1.54, 1.807) is 0 Å². The summed E-state index contributed by atoms with van der Waals surface area (Å²) in [6.45, 7) is 5.56. The third-order valence-corrected chi connectivity index (χ3v) is 1.88. The van der Waals surface area contributed by atoms with Crippen molar-refractivity contribution in [3.63, 3.8) is 0 Å². The summed E-state index contributed by atoms with van der Waals surface area (Å²) in [5.74, 6) is -0.381. The molecule has 0 unspecified atom stereocenters. The molecule has 0 aromatic heterocycles. The Bertz CT molecular complexity index is 159. The number of hydrogen-bond acceptors (Lipinski definition) is 4. The SMILES string of the molecule is CC[C@@H](O)COC(=O)[C@H](N)C(C)C. The van der Waals surface area contributed by atoms with Crippen LogP contribution >= 0.6 is 0 Å². The average molecular weight is 189 g/mol. The van der Waals surface area contributed by atoms with E-state index in [2.05, 4.69) is 0 Å². The monoisotopic (exact) mass is 189 g/mol. The van der Waals surface area contributed by atoms with E-state index >= 15 is 0 Å². The van der Waals surface area contributed by atoms with Gasteiger partial charge in [-0.25, -0.2) is 0 Å². The van der Waals surface area contributed by atoms with Crippen LogP contribution < -0.4 is 5.73 Å². The summed E-state index contributed by atoms with van der Waals surface area (Å²) < 4.78 is 4.80. The van der Waals surface area contributed by atoms with Gasteiger partial charge in [-0.15, -0.1) is 0 Å². The smallest absolute Gasteiger partial charge is 0.323 e. The fraction of sp³-hybridized carbons (Fsp3) is 0.889. The number of ether oxygens (including phenoxy) is 1. The lowest BCUT2D eigenvalue weighted by Gasteiger charge is -2.15. The Morgan fingerprint density at radius 2 is 2.08 bits per heavy atom. The van der Waals surface area contributed by atoms with Crippen molar-refractivity contribution in [2.45, 2.75) is 39.3 Å². The minimum Gasteiger partial charge on any atom is -0.462 e. The lowest BCUT2D eigenvalue weighted by atomic mass is 10.1. The van der Waals surface area contributed by atoms with Crippen LogP contribution in [0, 0.1) is 5.92 Å². The molecular formula is C9H19NO3. The fourth-order valence-corrected chi connectivity index (χ4v) is 0.665. The van der Waals surface area contributed by atoms with Crippen LogP contribution in [0.1, 0.15) is 27.2 Å². The summed E-state index contributed by atoms with van der Waals surface area (Å²) in [6, 6.07) is -0.593. The number of aliphatic hydroxyl groups excluding tert-OH is 1. The van der Waals surface area contributed by atoms with Crippen molar-refractivity contribution in [2.24, 2.45) is 11.7 Å². The van der Waals surface area contributed by atoms with Crippen LogP contribution in [0.4, 0.5) is 0 Å². The molecule has 4 nitrogen and oxygen atoms in total. The molecule has 0 rings (SSSR count). The topological polar surface area (TPSA) is 72.5 Å². The second-order valence-electron chi connectivity index (χ2n) is 3.46. The highest BCUT2D eigenvalue weighted by Crippen LogP contribution is 2.01. The number of esters is 1. The Kier molecular flexibility index (Phi) is 5.66. The molecule has 0 bridgehead atoms. The van der Waals surface area contributed by atoms with Gasteiger partial charge in [0.2, 0.25) is 0 Å². The van der Waals surface area contributed by atoms with Crippen molar-refractivity contribution in [3.05, 3.63) is 0 Å². The molecule has 0 spiro atoms. The second kappa shape index (κ2) is 5.94. The lowest BCUT2D eigenvalue weighted by molar-refractivity contribution is -0.149. The first-order chi connectivity index (χ1) is 5.99. The van der Waals surface area contributed by atoms with E-state index in [0.29, 0.717) is 6.42 Å². The van der Waals surface area contributed by atoms with Gasteiger partial charge >= 0.3 is 5.97 Å². The number of nitrogens with two attached hydrogens (primary N) is 1. The quantitative estimate of drug-likeness (QED) is 0.609. The van der Waals surface area contributed by atoms with E-state index in [0.717, 1.165) is 0 Å². The molecule has 0 saturated heterocycles. The summed E-state index contributed by atoms with van der Waals surface area (Å²) >= 11 is 0. The van der Waals surface area contributed by atoms with Crippen LogP contribution in [0.2, 0.25) is 0 Å². The predicted molar refractivity (Wildman–Crippen MR) is 50.1 cm³/mol. The van der Waals surface area contributed by atoms with Crippen molar-refractivity contribution in [2.75, 3.05) is 6.61 Å². The molecule has 78 valence electrons. The van der Waals surface area contributed by atoms with Crippen LogP contribution in [-0.2, 0) is 9.53 Å². The minimum atomic E-state index is -0.593. The summed E-state index contributed by atoms with van der Waals surface area (Å²) in [4.78, 5) is 11.1. The Morgan fingerprint density at radius 1 is 1.54 bits per heavy atom. The normalized spacial score (nSPS) is 15.5. The van der Waals surface area contributed by atoms with Crippen molar-refractivity contribution in [1.82, 2.24) is 0 Å². The van der Waals surface area contributed by atoms with Crippen LogP contribution in [0.3, 0.4) is 0 Å². The van der Waals surface area contributed by atoms with E-state index in [4.69, 9.17) is 15.6 Å². The van der Waals surface area contributed by atoms with Gasteiger partial charge in [0.1, 0.15) is 12.6 Å². The van der Waals surface area contributed by atoms with Gasteiger partial charge in [-0.2, -0.15) is 0 Å². The molecule has 0 aliphatic heterocycles. The maximum Gasteiger partial charge on any atom is 0.323 e. The Morgan fingerprint density at radius 3 is 2.46 bits per heavy atom. The predicted octanol–water partition coefficient (Wildman–Crippen LogP) is 0.284. The third kappa shape index (κ3) is 4.85. The Labute approximate surface area is 79.1 Å². The van der Waals surface area contributed by atoms with E-state index < -0.39 is 18.1 Å². The van der Waals surface area contributed by atoms with E-state index in [1.807, 2.05) is 20.8 Å². The van der Waals surface area contributed by atoms with Crippen LogP contribution in [0.5, 0.6) is 0 Å². The zero-order chi connectivity index (χ0) is 10.4. The van der Waals surface area contributed by atoms with Gasteiger partial charge < -0.3 is 15.6 Å². The number of carbonyl (C=O) groups excluding carboxylic acids is 1. The van der Waals surface area contributed by atoms with Gasteiger partial charge in [-0.1, -0.05) is 20.8 Å². The summed E-state index contributed by atoms with van der Waals surface area (Å²) in [5.41, 5.74) is 5.53. The molecule has 0 aliphatic carbocycles. The summed E-state index contributed by atoms with van der Waals surface area (Å²) in [6.07, 6.45) is -0.00666. The molecule has 0 aromatic carbocycles. The van der Waals surface area contributed by atoms with Crippen LogP contribution in [0.15, 0.2) is 0 Å². The third-order valence-electron chi connectivity index (χ3n) is 1.88. The van der Waals surface area contributed by atoms with Gasteiger partial charge in [0.05, 0.1) is 6.10 Å². The van der Waals surface area contributed by atoms with E-state index in [-0.39, 0.29) is 12.5 Å². The molecule has 2 atom stereocenters. The maximum absolute atomic E-state index is 11.1. The van der Waals surface area contributed by atoms with Gasteiger partial charge in [-0.3, -0.25) is 4.79 Å². The largest absolute Gasteiger partial charge is 0.462 e. The van der Waals surface area contributed by atoms with Crippen molar-refractivity contribution in [3.8, 4) is 0 Å². The molecule has 0 saturated carbocycles. The highest BCUT2D eigenvalue weighted by Gasteiger charge is 2.19. The summed E-state index contributed by atoms with van der Waals surface area (Å²) in [7, 11) is 0. The van der Waals surface area contributed by atoms with Crippen molar-refractivity contribution < 1.29 is 14.6 Å². The Balaban J connectivity index is 3.74. The fourth-order valence-electron chi connectivity index (χ4n) is 0.665. The minimum absolute atomic E-state index is 0.0375. The molecule has 0 heterocycles. The maximum atomic E-state index is 11.1. The van der Waals surface area contributed by atoms with Crippen molar-refractivity contribution in [1.29, 1.82) is 0 Å². The number of rotatable bonds is 5. The second-order valence-corrected chi connectivity index (χ2v) is 3.46. The number of hydrogen-bond donors (Lipinski definition) is 2. The van der Waals surface area contributed by atoms with E-state index in [9.17, 15) is 4.79 Å². The van der Waals surface area contributed by atoms with Gasteiger partial charge in [0.15, 0.2) is 0 Å². The standard InChI is InChI=1S/C9H19NO3/c1-4-7(11)5-13-9(12)8(10)6(2)3/h6-8,11H,4-5,10H2,1-3H3/t7-,8-/m1/s1. The first-order valence-electron chi connectivity index (χ1n) is 4.59. The average Bonchev–Trinajstić information content (AvgIpc) is 2.11. The molecule has 0 radical (unpaired) electrons. The van der Waals surface area contributed by atoms with Crippen molar-refractivity contribution >= 4 is 5.97 Å². The molecule has 3 N–H and O–H groups in total. The number of carbonyl (C=O) groups is 1. The molecule has 0 aromatic rings. The highest BCUT2D eigenvalue weighted by atomic mass is 16.5. The first-order valence-corrected chi connectivity index (χ1v) is 4.59.